The van der Waals surface area contributed by atoms with E-state index in [1.807, 2.05) is 49.4 Å². The molecule has 0 aliphatic rings. The van der Waals surface area contributed by atoms with Gasteiger partial charge < -0.3 is 19.7 Å². The number of urea groups is 1. The zero-order valence-electron chi connectivity index (χ0n) is 14.6. The van der Waals surface area contributed by atoms with Gasteiger partial charge in [-0.05, 0) is 37.5 Å². The summed E-state index contributed by atoms with van der Waals surface area (Å²) in [5.74, 6) is 0.638. The van der Waals surface area contributed by atoms with Gasteiger partial charge in [-0.1, -0.05) is 30.3 Å². The number of hydrogen-bond donors (Lipinski definition) is 2. The molecule has 0 spiro atoms. The molecule has 6 heteroatoms. The number of carbonyl (C=O) groups excluding carboxylic acids is 1. The van der Waals surface area contributed by atoms with Gasteiger partial charge >= 0.3 is 12.0 Å². The van der Waals surface area contributed by atoms with Crippen molar-refractivity contribution in [2.24, 2.45) is 0 Å². The second kappa shape index (κ2) is 8.92. The molecule has 0 aliphatic carbocycles. The molecule has 2 N–H and O–H groups in total. The Bertz CT molecular complexity index is 696. The van der Waals surface area contributed by atoms with E-state index in [2.05, 4.69) is 5.32 Å². The van der Waals surface area contributed by atoms with Gasteiger partial charge in [-0.2, -0.15) is 0 Å². The Kier molecular flexibility index (Phi) is 6.62. The monoisotopic (exact) mass is 344 g/mol. The van der Waals surface area contributed by atoms with Crippen LogP contribution < -0.4 is 5.32 Å². The van der Waals surface area contributed by atoms with Gasteiger partial charge in [0.05, 0.1) is 6.54 Å². The van der Waals surface area contributed by atoms with Gasteiger partial charge in [-0.3, -0.25) is 4.79 Å². The van der Waals surface area contributed by atoms with E-state index in [1.54, 1.807) is 7.05 Å². The number of nitrogens with zero attached hydrogens (tertiary/aromatic N) is 1. The molecule has 0 saturated heterocycles. The number of amides is 2. The molecule has 1 aromatic heterocycles. The SMILES string of the molecule is Cc1ccc(CN(C)C(=O)NC(CCC(=O)O)Cc2ccccc2)o1. The number of rotatable bonds is 8. The first-order chi connectivity index (χ1) is 11.9. The Hall–Kier alpha value is -2.76. The van der Waals surface area contributed by atoms with Crippen LogP contribution in [0.3, 0.4) is 0 Å². The van der Waals surface area contributed by atoms with E-state index >= 15 is 0 Å². The van der Waals surface area contributed by atoms with Crippen LogP contribution in [0.2, 0.25) is 0 Å². The molecule has 1 atom stereocenters. The Morgan fingerprint density at radius 1 is 1.20 bits per heavy atom. The predicted molar refractivity (Wildman–Crippen MR) is 94.2 cm³/mol. The number of carboxylic acids is 1. The van der Waals surface area contributed by atoms with Gasteiger partial charge in [0, 0.05) is 19.5 Å². The lowest BCUT2D eigenvalue weighted by molar-refractivity contribution is -0.137. The number of benzene rings is 1. The molecule has 1 aromatic carbocycles. The van der Waals surface area contributed by atoms with Crippen molar-refractivity contribution >= 4 is 12.0 Å². The largest absolute Gasteiger partial charge is 0.481 e. The second-order valence-electron chi connectivity index (χ2n) is 6.14. The summed E-state index contributed by atoms with van der Waals surface area (Å²) in [5, 5.41) is 11.9. The van der Waals surface area contributed by atoms with Crippen LogP contribution in [0.15, 0.2) is 46.9 Å². The lowest BCUT2D eigenvalue weighted by atomic mass is 10.0. The van der Waals surface area contributed by atoms with E-state index in [1.165, 1.54) is 4.90 Å². The number of aryl methyl sites for hydroxylation is 1. The number of hydrogen-bond acceptors (Lipinski definition) is 3. The number of aliphatic carboxylic acids is 1. The van der Waals surface area contributed by atoms with Crippen molar-refractivity contribution < 1.29 is 19.1 Å². The number of carboxylic acid groups (broad SMARTS) is 1. The average Bonchev–Trinajstić information content (AvgIpc) is 2.98. The van der Waals surface area contributed by atoms with E-state index in [-0.39, 0.29) is 18.5 Å². The number of carbonyl (C=O) groups is 2. The van der Waals surface area contributed by atoms with Gasteiger partial charge in [0.1, 0.15) is 11.5 Å². The third kappa shape index (κ3) is 6.33. The molecule has 1 unspecified atom stereocenters. The number of nitrogens with one attached hydrogen (secondary N) is 1. The van der Waals surface area contributed by atoms with Crippen molar-refractivity contribution in [2.75, 3.05) is 7.05 Å². The van der Waals surface area contributed by atoms with Crippen molar-refractivity contribution in [2.45, 2.75) is 38.8 Å². The van der Waals surface area contributed by atoms with Crippen molar-refractivity contribution in [3.05, 3.63) is 59.5 Å². The molecule has 6 nitrogen and oxygen atoms in total. The van der Waals surface area contributed by atoms with E-state index < -0.39 is 5.97 Å². The maximum Gasteiger partial charge on any atom is 0.317 e. The topological polar surface area (TPSA) is 82.8 Å². The molecule has 2 aromatic rings. The van der Waals surface area contributed by atoms with Crippen molar-refractivity contribution in [1.29, 1.82) is 0 Å². The van der Waals surface area contributed by atoms with E-state index in [4.69, 9.17) is 9.52 Å². The minimum Gasteiger partial charge on any atom is -0.481 e. The third-order valence-corrected chi connectivity index (χ3v) is 3.89. The molecule has 0 radical (unpaired) electrons. The summed E-state index contributed by atoms with van der Waals surface area (Å²) in [6, 6.07) is 12.9. The van der Waals surface area contributed by atoms with Gasteiger partial charge in [0.2, 0.25) is 0 Å². The highest BCUT2D eigenvalue weighted by atomic mass is 16.4. The van der Waals surface area contributed by atoms with Crippen LogP contribution >= 0.6 is 0 Å². The lowest BCUT2D eigenvalue weighted by Crippen LogP contribution is -2.43. The minimum absolute atomic E-state index is 0.0128. The summed E-state index contributed by atoms with van der Waals surface area (Å²) in [6.45, 7) is 2.21. The quantitative estimate of drug-likeness (QED) is 0.770. The standard InChI is InChI=1S/C19H24N2O4/c1-14-8-10-17(25-14)13-21(2)19(24)20-16(9-11-18(22)23)12-15-6-4-3-5-7-15/h3-8,10,16H,9,11-13H2,1-2H3,(H,20,24)(H,22,23). The summed E-state index contributed by atoms with van der Waals surface area (Å²) in [7, 11) is 1.68. The number of furan rings is 1. The maximum atomic E-state index is 12.4. The summed E-state index contributed by atoms with van der Waals surface area (Å²) in [4.78, 5) is 24.8. The maximum absolute atomic E-state index is 12.4. The fraction of sp³-hybridized carbons (Fsp3) is 0.368. The van der Waals surface area contributed by atoms with Crippen LogP contribution in [0.1, 0.15) is 29.9 Å². The van der Waals surface area contributed by atoms with Crippen LogP contribution in [-0.4, -0.2) is 35.1 Å². The predicted octanol–water partition coefficient (Wildman–Crippen LogP) is 3.21. The third-order valence-electron chi connectivity index (χ3n) is 3.89. The summed E-state index contributed by atoms with van der Waals surface area (Å²) < 4.78 is 5.48. The smallest absolute Gasteiger partial charge is 0.317 e. The normalized spacial score (nSPS) is 11.8. The highest BCUT2D eigenvalue weighted by Gasteiger charge is 2.18. The Labute approximate surface area is 147 Å². The second-order valence-corrected chi connectivity index (χ2v) is 6.14. The molecular formula is C19H24N2O4. The van der Waals surface area contributed by atoms with Crippen LogP contribution in [-0.2, 0) is 17.8 Å². The van der Waals surface area contributed by atoms with Crippen LogP contribution in [0.5, 0.6) is 0 Å². The minimum atomic E-state index is -0.869. The molecule has 134 valence electrons. The first kappa shape index (κ1) is 18.6. The van der Waals surface area contributed by atoms with Crippen molar-refractivity contribution in [3.63, 3.8) is 0 Å². The molecule has 0 aliphatic heterocycles. The van der Waals surface area contributed by atoms with E-state index in [0.29, 0.717) is 25.1 Å². The molecule has 2 rings (SSSR count). The van der Waals surface area contributed by atoms with Crippen LogP contribution in [0.25, 0.3) is 0 Å². The van der Waals surface area contributed by atoms with Crippen molar-refractivity contribution in [1.82, 2.24) is 10.2 Å². The van der Waals surface area contributed by atoms with E-state index in [0.717, 1.165) is 11.3 Å². The Morgan fingerprint density at radius 3 is 2.52 bits per heavy atom. The summed E-state index contributed by atoms with van der Waals surface area (Å²) in [6.07, 6.45) is 0.982. The molecular weight excluding hydrogens is 320 g/mol. The zero-order chi connectivity index (χ0) is 18.2. The zero-order valence-corrected chi connectivity index (χ0v) is 14.6. The lowest BCUT2D eigenvalue weighted by Gasteiger charge is -2.23. The van der Waals surface area contributed by atoms with E-state index in [9.17, 15) is 9.59 Å². The van der Waals surface area contributed by atoms with Gasteiger partial charge in [-0.15, -0.1) is 0 Å². The average molecular weight is 344 g/mol. The summed E-state index contributed by atoms with van der Waals surface area (Å²) in [5.41, 5.74) is 1.06. The van der Waals surface area contributed by atoms with Gasteiger partial charge in [0.15, 0.2) is 0 Å². The van der Waals surface area contributed by atoms with Gasteiger partial charge in [-0.25, -0.2) is 4.79 Å². The Balaban J connectivity index is 1.96. The Morgan fingerprint density at radius 2 is 1.92 bits per heavy atom. The first-order valence-corrected chi connectivity index (χ1v) is 8.26. The van der Waals surface area contributed by atoms with Crippen molar-refractivity contribution in [3.8, 4) is 0 Å². The molecule has 0 saturated carbocycles. The fourth-order valence-electron chi connectivity index (χ4n) is 2.58. The van der Waals surface area contributed by atoms with Crippen LogP contribution in [0.4, 0.5) is 4.79 Å². The van der Waals surface area contributed by atoms with Gasteiger partial charge in [0.25, 0.3) is 0 Å². The van der Waals surface area contributed by atoms with Crippen LogP contribution in [0, 0.1) is 6.92 Å². The summed E-state index contributed by atoms with van der Waals surface area (Å²) >= 11 is 0. The highest BCUT2D eigenvalue weighted by molar-refractivity contribution is 5.74. The molecule has 1 heterocycles. The first-order valence-electron chi connectivity index (χ1n) is 8.26. The molecule has 25 heavy (non-hydrogen) atoms. The fourth-order valence-corrected chi connectivity index (χ4v) is 2.58. The molecule has 0 bridgehead atoms. The molecule has 2 amide bonds. The molecule has 0 fully saturated rings. The highest BCUT2D eigenvalue weighted by Crippen LogP contribution is 2.11.